The molecule has 2 aliphatic heterocycles. The Kier molecular flexibility index (Phi) is 6.34. The molecule has 0 aliphatic carbocycles. The van der Waals surface area contributed by atoms with Crippen LogP contribution in [0.15, 0.2) is 12.4 Å². The second-order valence-electron chi connectivity index (χ2n) is 9.23. The number of aliphatic hydroxyl groups excluding tert-OH is 1. The van der Waals surface area contributed by atoms with Gasteiger partial charge in [0, 0.05) is 43.0 Å². The van der Waals surface area contributed by atoms with Crippen molar-refractivity contribution in [2.45, 2.75) is 77.7 Å². The van der Waals surface area contributed by atoms with Crippen LogP contribution in [0.4, 0.5) is 5.95 Å². The Bertz CT molecular complexity index is 635. The molecule has 0 amide bonds. The minimum absolute atomic E-state index is 0.202. The Morgan fingerprint density at radius 2 is 1.82 bits per heavy atom. The predicted octanol–water partition coefficient (Wildman–Crippen LogP) is 1.45. The van der Waals surface area contributed by atoms with E-state index in [1.807, 2.05) is 40.1 Å². The van der Waals surface area contributed by atoms with Crippen molar-refractivity contribution in [2.24, 2.45) is 0 Å². The lowest BCUT2D eigenvalue weighted by Gasteiger charge is -2.41. The zero-order valence-corrected chi connectivity index (χ0v) is 18.2. The second kappa shape index (κ2) is 8.26. The third-order valence-electron chi connectivity index (χ3n) is 6.26. The highest BCUT2D eigenvalue weighted by molar-refractivity contribution is 6.61. The quantitative estimate of drug-likeness (QED) is 0.738. The molecule has 3 rings (SSSR count). The normalized spacial score (nSPS) is 24.7. The van der Waals surface area contributed by atoms with E-state index in [0.717, 1.165) is 43.9 Å². The predicted molar refractivity (Wildman–Crippen MR) is 112 cm³/mol. The van der Waals surface area contributed by atoms with Crippen LogP contribution < -0.4 is 10.4 Å². The van der Waals surface area contributed by atoms with E-state index < -0.39 is 7.12 Å². The number of β-amino-alcohol motifs (C(OH)–C–C–N with tert-alkyl or cyclic N) is 1. The van der Waals surface area contributed by atoms with Crippen LogP contribution in [0.2, 0.25) is 0 Å². The van der Waals surface area contributed by atoms with Crippen molar-refractivity contribution in [2.75, 3.05) is 31.1 Å². The van der Waals surface area contributed by atoms with Crippen molar-refractivity contribution in [3.63, 3.8) is 0 Å². The molecule has 1 aromatic rings. The minimum Gasteiger partial charge on any atom is -0.399 e. The average molecular weight is 390 g/mol. The van der Waals surface area contributed by atoms with Crippen LogP contribution in [-0.4, -0.2) is 76.6 Å². The Morgan fingerprint density at radius 3 is 2.36 bits per heavy atom. The standard InChI is InChI=1S/C20H35BN4O3/c1-15(2)25(17-8-7-9-24(14-17)10-11-26)18-22-12-16(13-23-18)21-27-19(3,4)20(5,6)28-21/h12-13,15,17,26H,7-11,14H2,1-6H3/t17-/m1/s1. The SMILES string of the molecule is CC(C)N(c1ncc(B2OC(C)(C)C(C)(C)O2)cn1)[C@@H]1CCCN(CCO)C1. The Balaban J connectivity index is 1.75. The van der Waals surface area contributed by atoms with Gasteiger partial charge in [-0.2, -0.15) is 0 Å². The maximum atomic E-state index is 9.27. The highest BCUT2D eigenvalue weighted by Gasteiger charge is 2.52. The summed E-state index contributed by atoms with van der Waals surface area (Å²) < 4.78 is 12.2. The van der Waals surface area contributed by atoms with Gasteiger partial charge in [-0.25, -0.2) is 9.97 Å². The van der Waals surface area contributed by atoms with E-state index >= 15 is 0 Å². The summed E-state index contributed by atoms with van der Waals surface area (Å²) in [5.74, 6) is 0.742. The molecule has 1 aromatic heterocycles. The lowest BCUT2D eigenvalue weighted by Crippen LogP contribution is -2.52. The lowest BCUT2D eigenvalue weighted by molar-refractivity contribution is 0.00578. The van der Waals surface area contributed by atoms with Gasteiger partial charge in [0.25, 0.3) is 0 Å². The summed E-state index contributed by atoms with van der Waals surface area (Å²) in [4.78, 5) is 14.0. The van der Waals surface area contributed by atoms with Crippen LogP contribution in [-0.2, 0) is 9.31 Å². The summed E-state index contributed by atoms with van der Waals surface area (Å²) in [6.45, 7) is 15.4. The van der Waals surface area contributed by atoms with Crippen LogP contribution >= 0.6 is 0 Å². The molecular weight excluding hydrogens is 355 g/mol. The number of hydrogen-bond acceptors (Lipinski definition) is 7. The van der Waals surface area contributed by atoms with Gasteiger partial charge < -0.3 is 19.3 Å². The molecule has 2 aliphatic rings. The van der Waals surface area contributed by atoms with Gasteiger partial charge in [-0.15, -0.1) is 0 Å². The highest BCUT2D eigenvalue weighted by atomic mass is 16.7. The molecule has 28 heavy (non-hydrogen) atoms. The van der Waals surface area contributed by atoms with Gasteiger partial charge in [-0.1, -0.05) is 0 Å². The minimum atomic E-state index is -0.443. The van der Waals surface area contributed by atoms with E-state index in [2.05, 4.69) is 33.6 Å². The zero-order valence-electron chi connectivity index (χ0n) is 18.2. The van der Waals surface area contributed by atoms with Gasteiger partial charge in [-0.05, 0) is 60.9 Å². The first kappa shape index (κ1) is 21.5. The van der Waals surface area contributed by atoms with Crippen LogP contribution in [0, 0.1) is 0 Å². The van der Waals surface area contributed by atoms with Crippen molar-refractivity contribution >= 4 is 18.5 Å². The smallest absolute Gasteiger partial charge is 0.399 e. The molecule has 2 fully saturated rings. The molecule has 8 heteroatoms. The molecular formula is C20H35BN4O3. The monoisotopic (exact) mass is 390 g/mol. The fraction of sp³-hybridized carbons (Fsp3) is 0.800. The molecule has 7 nitrogen and oxygen atoms in total. The van der Waals surface area contributed by atoms with Crippen LogP contribution in [0.5, 0.6) is 0 Å². The van der Waals surface area contributed by atoms with Gasteiger partial charge in [0.15, 0.2) is 0 Å². The first-order valence-electron chi connectivity index (χ1n) is 10.4. The molecule has 1 N–H and O–H groups in total. The van der Waals surface area contributed by atoms with E-state index in [-0.39, 0.29) is 17.8 Å². The van der Waals surface area contributed by atoms with Crippen molar-refractivity contribution < 1.29 is 14.4 Å². The highest BCUT2D eigenvalue weighted by Crippen LogP contribution is 2.36. The number of anilines is 1. The van der Waals surface area contributed by atoms with E-state index in [4.69, 9.17) is 9.31 Å². The zero-order chi connectivity index (χ0) is 20.5. The van der Waals surface area contributed by atoms with Crippen molar-refractivity contribution in [1.29, 1.82) is 0 Å². The third kappa shape index (κ3) is 4.35. The Labute approximate surface area is 169 Å². The Morgan fingerprint density at radius 1 is 1.21 bits per heavy atom. The molecule has 0 bridgehead atoms. The van der Waals surface area contributed by atoms with Crippen LogP contribution in [0.3, 0.4) is 0 Å². The number of hydrogen-bond donors (Lipinski definition) is 1. The number of rotatable bonds is 6. The lowest BCUT2D eigenvalue weighted by atomic mass is 9.81. The van der Waals surface area contributed by atoms with Gasteiger partial charge in [0.1, 0.15) is 0 Å². The maximum absolute atomic E-state index is 9.27. The number of likely N-dealkylation sites (tertiary alicyclic amines) is 1. The van der Waals surface area contributed by atoms with Crippen molar-refractivity contribution in [1.82, 2.24) is 14.9 Å². The van der Waals surface area contributed by atoms with Crippen LogP contribution in [0.25, 0.3) is 0 Å². The van der Waals surface area contributed by atoms with Crippen molar-refractivity contribution in [3.8, 4) is 0 Å². The van der Waals surface area contributed by atoms with E-state index in [9.17, 15) is 5.11 Å². The fourth-order valence-corrected chi connectivity index (χ4v) is 3.98. The molecule has 156 valence electrons. The second-order valence-corrected chi connectivity index (χ2v) is 9.23. The molecule has 0 radical (unpaired) electrons. The van der Waals surface area contributed by atoms with E-state index in [1.165, 1.54) is 0 Å². The molecule has 2 saturated heterocycles. The number of piperidine rings is 1. The Hall–Kier alpha value is -1.22. The average Bonchev–Trinajstić information content (AvgIpc) is 2.84. The summed E-state index contributed by atoms with van der Waals surface area (Å²) >= 11 is 0. The molecule has 0 saturated carbocycles. The van der Waals surface area contributed by atoms with Crippen LogP contribution in [0.1, 0.15) is 54.4 Å². The summed E-state index contributed by atoms with van der Waals surface area (Å²) in [6.07, 6.45) is 5.89. The molecule has 0 spiro atoms. The number of aliphatic hydroxyl groups is 1. The number of nitrogens with zero attached hydrogens (tertiary/aromatic N) is 4. The molecule has 0 unspecified atom stereocenters. The van der Waals surface area contributed by atoms with Gasteiger partial charge >= 0.3 is 7.12 Å². The first-order chi connectivity index (χ1) is 13.1. The van der Waals surface area contributed by atoms with Gasteiger partial charge in [0.2, 0.25) is 5.95 Å². The molecule has 0 aromatic carbocycles. The maximum Gasteiger partial charge on any atom is 0.498 e. The topological polar surface area (TPSA) is 71.0 Å². The summed E-state index contributed by atoms with van der Waals surface area (Å²) in [5.41, 5.74) is 0.0913. The third-order valence-corrected chi connectivity index (χ3v) is 6.26. The van der Waals surface area contributed by atoms with Gasteiger partial charge in [-0.3, -0.25) is 4.90 Å². The van der Waals surface area contributed by atoms with Gasteiger partial charge in [0.05, 0.1) is 17.8 Å². The van der Waals surface area contributed by atoms with E-state index in [0.29, 0.717) is 12.1 Å². The molecule has 1 atom stereocenters. The summed E-state index contributed by atoms with van der Waals surface area (Å²) in [6, 6.07) is 0.643. The summed E-state index contributed by atoms with van der Waals surface area (Å²) in [5, 5.41) is 9.27. The molecule has 3 heterocycles. The van der Waals surface area contributed by atoms with E-state index in [1.54, 1.807) is 0 Å². The summed E-state index contributed by atoms with van der Waals surface area (Å²) in [7, 11) is -0.443. The largest absolute Gasteiger partial charge is 0.498 e. The first-order valence-corrected chi connectivity index (χ1v) is 10.4. The van der Waals surface area contributed by atoms with Crippen molar-refractivity contribution in [3.05, 3.63) is 12.4 Å². The fourth-order valence-electron chi connectivity index (χ4n) is 3.98. The number of aromatic nitrogens is 2.